The summed E-state index contributed by atoms with van der Waals surface area (Å²) in [6.45, 7) is 1.80. The highest BCUT2D eigenvalue weighted by Gasteiger charge is 2.32. The second kappa shape index (κ2) is 4.94. The number of aliphatic hydroxyl groups is 1. The van der Waals surface area contributed by atoms with Gasteiger partial charge in [0, 0.05) is 5.56 Å². The first-order chi connectivity index (χ1) is 8.52. The monoisotopic (exact) mass is 251 g/mol. The predicted molar refractivity (Wildman–Crippen MR) is 66.7 cm³/mol. The van der Waals surface area contributed by atoms with E-state index in [0.717, 1.165) is 12.8 Å². The zero-order chi connectivity index (χ0) is 13.2. The number of para-hydroxylation sites is 1. The van der Waals surface area contributed by atoms with E-state index >= 15 is 0 Å². The van der Waals surface area contributed by atoms with Crippen LogP contribution < -0.4 is 4.74 Å². The van der Waals surface area contributed by atoms with Crippen LogP contribution in [0.1, 0.15) is 31.2 Å². The predicted octanol–water partition coefficient (Wildman–Crippen LogP) is 2.59. The van der Waals surface area contributed by atoms with Crippen LogP contribution in [0.5, 0.6) is 5.75 Å². The minimum atomic E-state index is -0.822. The summed E-state index contributed by atoms with van der Waals surface area (Å²) >= 11 is 0. The minimum Gasteiger partial charge on any atom is -0.484 e. The lowest BCUT2D eigenvalue weighted by Gasteiger charge is -2.22. The van der Waals surface area contributed by atoms with Gasteiger partial charge in [0.1, 0.15) is 6.61 Å². The Hall–Kier alpha value is -1.62. The number of ether oxygens (including phenoxy) is 1. The minimum absolute atomic E-state index is 0.0147. The van der Waals surface area contributed by atoms with Crippen molar-refractivity contribution < 1.29 is 14.8 Å². The molecule has 1 fully saturated rings. The van der Waals surface area contributed by atoms with Gasteiger partial charge in [0.25, 0.3) is 0 Å². The number of nitrogens with zero attached hydrogens (tertiary/aromatic N) is 1. The molecular formula is C13H17NO4. The molecule has 0 aliphatic heterocycles. The summed E-state index contributed by atoms with van der Waals surface area (Å²) in [5.41, 5.74) is -0.271. The smallest absolute Gasteiger partial charge is 0.313 e. The maximum atomic E-state index is 11.0. The van der Waals surface area contributed by atoms with Gasteiger partial charge in [-0.1, -0.05) is 25.0 Å². The standard InChI is InChI=1S/C13H17NO4/c1-10-5-4-6-11(12(10)14(16)17)18-9-13(15)7-2-3-8-13/h4-6,15H,2-3,7-9H2,1H3. The molecule has 1 aliphatic carbocycles. The van der Waals surface area contributed by atoms with Gasteiger partial charge in [-0.25, -0.2) is 0 Å². The van der Waals surface area contributed by atoms with Crippen molar-refractivity contribution in [1.82, 2.24) is 0 Å². The van der Waals surface area contributed by atoms with E-state index in [-0.39, 0.29) is 18.0 Å². The second-order valence-corrected chi connectivity index (χ2v) is 4.90. The van der Waals surface area contributed by atoms with Crippen LogP contribution in [-0.4, -0.2) is 22.2 Å². The SMILES string of the molecule is Cc1cccc(OCC2(O)CCCC2)c1[N+](=O)[O-]. The highest BCUT2D eigenvalue weighted by molar-refractivity contribution is 5.52. The van der Waals surface area contributed by atoms with E-state index in [4.69, 9.17) is 4.74 Å². The molecular weight excluding hydrogens is 234 g/mol. The number of hydrogen-bond acceptors (Lipinski definition) is 4. The molecule has 98 valence electrons. The van der Waals surface area contributed by atoms with Gasteiger partial charge in [0.2, 0.25) is 0 Å². The third kappa shape index (κ3) is 2.61. The van der Waals surface area contributed by atoms with Crippen LogP contribution in [0, 0.1) is 17.0 Å². The Morgan fingerprint density at radius 2 is 2.11 bits per heavy atom. The van der Waals surface area contributed by atoms with E-state index in [2.05, 4.69) is 0 Å². The van der Waals surface area contributed by atoms with Gasteiger partial charge >= 0.3 is 5.69 Å². The Kier molecular flexibility index (Phi) is 3.52. The molecule has 0 amide bonds. The molecule has 5 nitrogen and oxygen atoms in total. The fourth-order valence-electron chi connectivity index (χ4n) is 2.37. The van der Waals surface area contributed by atoms with E-state index in [0.29, 0.717) is 18.4 Å². The second-order valence-electron chi connectivity index (χ2n) is 4.90. The van der Waals surface area contributed by atoms with Crippen LogP contribution in [0.3, 0.4) is 0 Å². The van der Waals surface area contributed by atoms with Gasteiger partial charge in [-0.15, -0.1) is 0 Å². The first kappa shape index (κ1) is 12.8. The Bertz CT molecular complexity index is 452. The molecule has 0 spiro atoms. The molecule has 1 N–H and O–H groups in total. The van der Waals surface area contributed by atoms with Crippen LogP contribution in [0.4, 0.5) is 5.69 Å². The van der Waals surface area contributed by atoms with Crippen molar-refractivity contribution in [3.8, 4) is 5.75 Å². The first-order valence-corrected chi connectivity index (χ1v) is 6.11. The highest BCUT2D eigenvalue weighted by Crippen LogP contribution is 2.34. The highest BCUT2D eigenvalue weighted by atomic mass is 16.6. The summed E-state index contributed by atoms with van der Waals surface area (Å²) in [5, 5.41) is 21.1. The number of benzene rings is 1. The Balaban J connectivity index is 2.14. The summed E-state index contributed by atoms with van der Waals surface area (Å²) in [6.07, 6.45) is 3.37. The molecule has 0 radical (unpaired) electrons. The topological polar surface area (TPSA) is 72.6 Å². The van der Waals surface area contributed by atoms with Crippen LogP contribution in [0.2, 0.25) is 0 Å². The van der Waals surface area contributed by atoms with Gasteiger partial charge < -0.3 is 9.84 Å². The van der Waals surface area contributed by atoms with Gasteiger partial charge in [-0.05, 0) is 25.8 Å². The largest absolute Gasteiger partial charge is 0.484 e. The van der Waals surface area contributed by atoms with Crippen molar-refractivity contribution in [3.05, 3.63) is 33.9 Å². The van der Waals surface area contributed by atoms with E-state index in [1.807, 2.05) is 0 Å². The molecule has 0 heterocycles. The molecule has 5 heteroatoms. The third-order valence-electron chi connectivity index (χ3n) is 3.41. The Labute approximate surface area is 106 Å². The van der Waals surface area contributed by atoms with Crippen molar-refractivity contribution in [2.24, 2.45) is 0 Å². The molecule has 0 bridgehead atoms. The fourth-order valence-corrected chi connectivity index (χ4v) is 2.37. The summed E-state index contributed by atoms with van der Waals surface area (Å²) in [5.74, 6) is 0.236. The number of aryl methyl sites for hydroxylation is 1. The Morgan fingerprint density at radius 1 is 1.44 bits per heavy atom. The van der Waals surface area contributed by atoms with E-state index in [9.17, 15) is 15.2 Å². The first-order valence-electron chi connectivity index (χ1n) is 6.11. The van der Waals surface area contributed by atoms with Crippen LogP contribution >= 0.6 is 0 Å². The third-order valence-corrected chi connectivity index (χ3v) is 3.41. The zero-order valence-electron chi connectivity index (χ0n) is 10.4. The van der Waals surface area contributed by atoms with Gasteiger partial charge in [-0.3, -0.25) is 10.1 Å². The molecule has 18 heavy (non-hydrogen) atoms. The molecule has 0 atom stereocenters. The van der Waals surface area contributed by atoms with Crippen molar-refractivity contribution in [2.75, 3.05) is 6.61 Å². The molecule has 0 aromatic heterocycles. The molecule has 1 saturated carbocycles. The Morgan fingerprint density at radius 3 is 2.72 bits per heavy atom. The van der Waals surface area contributed by atoms with Crippen LogP contribution in [-0.2, 0) is 0 Å². The van der Waals surface area contributed by atoms with Crippen molar-refractivity contribution in [3.63, 3.8) is 0 Å². The van der Waals surface area contributed by atoms with Crippen molar-refractivity contribution >= 4 is 5.69 Å². The van der Waals surface area contributed by atoms with E-state index < -0.39 is 10.5 Å². The lowest BCUT2D eigenvalue weighted by molar-refractivity contribution is -0.386. The molecule has 1 aliphatic rings. The number of rotatable bonds is 4. The molecule has 2 rings (SSSR count). The average Bonchev–Trinajstić information content (AvgIpc) is 2.73. The summed E-state index contributed by atoms with van der Waals surface area (Å²) in [6, 6.07) is 4.97. The maximum absolute atomic E-state index is 11.0. The average molecular weight is 251 g/mol. The van der Waals surface area contributed by atoms with Gasteiger partial charge in [0.15, 0.2) is 5.75 Å². The number of nitro groups is 1. The lowest BCUT2D eigenvalue weighted by atomic mass is 10.0. The lowest BCUT2D eigenvalue weighted by Crippen LogP contribution is -2.32. The fraction of sp³-hybridized carbons (Fsp3) is 0.538. The molecule has 1 aromatic rings. The normalized spacial score (nSPS) is 17.7. The quantitative estimate of drug-likeness (QED) is 0.659. The maximum Gasteiger partial charge on any atom is 0.313 e. The number of nitro benzene ring substituents is 1. The van der Waals surface area contributed by atoms with Crippen molar-refractivity contribution in [2.45, 2.75) is 38.2 Å². The summed E-state index contributed by atoms with van der Waals surface area (Å²) < 4.78 is 5.47. The van der Waals surface area contributed by atoms with E-state index in [1.165, 1.54) is 0 Å². The van der Waals surface area contributed by atoms with Gasteiger partial charge in [-0.2, -0.15) is 0 Å². The van der Waals surface area contributed by atoms with Crippen LogP contribution in [0.15, 0.2) is 18.2 Å². The van der Waals surface area contributed by atoms with E-state index in [1.54, 1.807) is 25.1 Å². The summed E-state index contributed by atoms with van der Waals surface area (Å²) in [4.78, 5) is 10.5. The van der Waals surface area contributed by atoms with Crippen molar-refractivity contribution in [1.29, 1.82) is 0 Å². The molecule has 0 saturated heterocycles. The number of hydrogen-bond donors (Lipinski definition) is 1. The molecule has 1 aromatic carbocycles. The van der Waals surface area contributed by atoms with Gasteiger partial charge in [0.05, 0.1) is 10.5 Å². The summed E-state index contributed by atoms with van der Waals surface area (Å²) in [7, 11) is 0. The van der Waals surface area contributed by atoms with Crippen LogP contribution in [0.25, 0.3) is 0 Å². The zero-order valence-corrected chi connectivity index (χ0v) is 10.4. The molecule has 0 unspecified atom stereocenters.